The van der Waals surface area contributed by atoms with Gasteiger partial charge in [-0.3, -0.25) is 14.5 Å². The zero-order valence-electron chi connectivity index (χ0n) is 20.5. The Labute approximate surface area is 217 Å². The SMILES string of the molecule is CC(=O)Nc1ccc(C#Cc2ccnc(NC(=O)c3ccc(CN4CCNCC4)c(C(F)(F)F)c3)c2)cn1. The van der Waals surface area contributed by atoms with Crippen LogP contribution in [-0.2, 0) is 17.5 Å². The first-order valence-electron chi connectivity index (χ1n) is 11.8. The Kier molecular flexibility index (Phi) is 8.35. The molecule has 0 spiro atoms. The number of halogens is 3. The summed E-state index contributed by atoms with van der Waals surface area (Å²) in [6.07, 6.45) is -1.65. The molecule has 1 aromatic carbocycles. The molecule has 38 heavy (non-hydrogen) atoms. The topological polar surface area (TPSA) is 99.2 Å². The molecule has 0 radical (unpaired) electrons. The maximum atomic E-state index is 13.8. The molecule has 0 bridgehead atoms. The predicted molar refractivity (Wildman–Crippen MR) is 136 cm³/mol. The molecule has 2 aromatic heterocycles. The van der Waals surface area contributed by atoms with Gasteiger partial charge in [0.1, 0.15) is 11.6 Å². The van der Waals surface area contributed by atoms with Crippen LogP contribution < -0.4 is 16.0 Å². The molecule has 4 rings (SSSR count). The van der Waals surface area contributed by atoms with Crippen LogP contribution in [0.1, 0.15) is 39.5 Å². The number of amides is 2. The van der Waals surface area contributed by atoms with Crippen molar-refractivity contribution in [3.05, 3.63) is 82.7 Å². The number of hydrogen-bond acceptors (Lipinski definition) is 6. The summed E-state index contributed by atoms with van der Waals surface area (Å²) in [5.74, 6) is 5.46. The fraction of sp³-hybridized carbons (Fsp3) is 0.259. The maximum absolute atomic E-state index is 13.8. The number of anilines is 2. The Balaban J connectivity index is 1.47. The number of hydrogen-bond donors (Lipinski definition) is 3. The van der Waals surface area contributed by atoms with Gasteiger partial charge in [0.2, 0.25) is 5.91 Å². The molecular formula is C27H25F3N6O2. The van der Waals surface area contributed by atoms with E-state index in [0.29, 0.717) is 30.0 Å². The molecule has 1 aliphatic heterocycles. The summed E-state index contributed by atoms with van der Waals surface area (Å²) in [5, 5.41) is 8.28. The maximum Gasteiger partial charge on any atom is 0.416 e. The first-order valence-corrected chi connectivity index (χ1v) is 11.8. The van der Waals surface area contributed by atoms with Gasteiger partial charge in [0.15, 0.2) is 0 Å². The van der Waals surface area contributed by atoms with Gasteiger partial charge < -0.3 is 16.0 Å². The average Bonchev–Trinajstić information content (AvgIpc) is 2.88. The summed E-state index contributed by atoms with van der Waals surface area (Å²) >= 11 is 0. The fourth-order valence-electron chi connectivity index (χ4n) is 3.86. The zero-order valence-corrected chi connectivity index (χ0v) is 20.5. The molecule has 3 heterocycles. The van der Waals surface area contributed by atoms with Crippen molar-refractivity contribution in [2.45, 2.75) is 19.6 Å². The van der Waals surface area contributed by atoms with E-state index in [4.69, 9.17) is 0 Å². The summed E-state index contributed by atoms with van der Waals surface area (Å²) < 4.78 is 41.4. The molecule has 1 aliphatic rings. The smallest absolute Gasteiger partial charge is 0.314 e. The third-order valence-corrected chi connectivity index (χ3v) is 5.70. The van der Waals surface area contributed by atoms with Crippen molar-refractivity contribution in [3.63, 3.8) is 0 Å². The van der Waals surface area contributed by atoms with Gasteiger partial charge in [0.05, 0.1) is 5.56 Å². The Bertz CT molecular complexity index is 1370. The van der Waals surface area contributed by atoms with Gasteiger partial charge in [0, 0.05) is 68.7 Å². The van der Waals surface area contributed by atoms with Gasteiger partial charge in [-0.25, -0.2) is 9.97 Å². The Hall–Kier alpha value is -4.27. The number of rotatable bonds is 5. The molecule has 2 amide bonds. The highest BCUT2D eigenvalue weighted by atomic mass is 19.4. The number of aromatic nitrogens is 2. The Morgan fingerprint density at radius 1 is 0.974 bits per heavy atom. The van der Waals surface area contributed by atoms with Gasteiger partial charge >= 0.3 is 6.18 Å². The van der Waals surface area contributed by atoms with Crippen LogP contribution in [0, 0.1) is 11.8 Å². The molecule has 0 aliphatic carbocycles. The van der Waals surface area contributed by atoms with E-state index in [1.807, 2.05) is 4.90 Å². The minimum absolute atomic E-state index is 0.120. The van der Waals surface area contributed by atoms with Crippen molar-refractivity contribution in [2.24, 2.45) is 0 Å². The summed E-state index contributed by atoms with van der Waals surface area (Å²) in [4.78, 5) is 34.0. The summed E-state index contributed by atoms with van der Waals surface area (Å²) in [6, 6.07) is 10.1. The lowest BCUT2D eigenvalue weighted by Crippen LogP contribution is -2.43. The standard InChI is InChI=1S/C27H25F3N6O2/c1-18(37)34-24-7-4-20(16-33-24)3-2-19-8-9-32-25(14-19)35-26(38)21-5-6-22(23(15-21)27(28,29)30)17-36-12-10-31-11-13-36/h4-9,14-16,31H,10-13,17H2,1H3,(H,32,35,38)(H,33,34,37). The lowest BCUT2D eigenvalue weighted by atomic mass is 10.0. The molecule has 8 nitrogen and oxygen atoms in total. The van der Waals surface area contributed by atoms with Crippen molar-refractivity contribution >= 4 is 23.5 Å². The van der Waals surface area contributed by atoms with Crippen LogP contribution in [0.25, 0.3) is 0 Å². The Morgan fingerprint density at radius 2 is 1.74 bits per heavy atom. The molecule has 1 fully saturated rings. The van der Waals surface area contributed by atoms with E-state index in [0.717, 1.165) is 19.2 Å². The summed E-state index contributed by atoms with van der Waals surface area (Å²) in [6.45, 7) is 4.30. The van der Waals surface area contributed by atoms with E-state index in [2.05, 4.69) is 37.8 Å². The molecular weight excluding hydrogens is 497 g/mol. The first-order chi connectivity index (χ1) is 18.2. The van der Waals surface area contributed by atoms with E-state index in [1.165, 1.54) is 37.5 Å². The average molecular weight is 523 g/mol. The number of alkyl halides is 3. The van der Waals surface area contributed by atoms with Crippen molar-refractivity contribution in [1.29, 1.82) is 0 Å². The Morgan fingerprint density at radius 3 is 2.42 bits per heavy atom. The molecule has 3 aromatic rings. The largest absolute Gasteiger partial charge is 0.416 e. The molecule has 1 saturated heterocycles. The quantitative estimate of drug-likeness (QED) is 0.444. The first kappa shape index (κ1) is 26.8. The van der Waals surface area contributed by atoms with E-state index in [-0.39, 0.29) is 29.4 Å². The summed E-state index contributed by atoms with van der Waals surface area (Å²) in [7, 11) is 0. The van der Waals surface area contributed by atoms with Crippen LogP contribution in [0.3, 0.4) is 0 Å². The van der Waals surface area contributed by atoms with Crippen LogP contribution in [0.5, 0.6) is 0 Å². The number of carbonyl (C=O) groups excluding carboxylic acids is 2. The molecule has 0 unspecified atom stereocenters. The molecule has 11 heteroatoms. The second-order valence-electron chi connectivity index (χ2n) is 8.64. The minimum atomic E-state index is -4.59. The van der Waals surface area contributed by atoms with E-state index < -0.39 is 17.6 Å². The highest BCUT2D eigenvalue weighted by Crippen LogP contribution is 2.33. The second-order valence-corrected chi connectivity index (χ2v) is 8.64. The highest BCUT2D eigenvalue weighted by Gasteiger charge is 2.34. The van der Waals surface area contributed by atoms with E-state index >= 15 is 0 Å². The minimum Gasteiger partial charge on any atom is -0.314 e. The van der Waals surface area contributed by atoms with Gasteiger partial charge in [-0.1, -0.05) is 17.9 Å². The van der Waals surface area contributed by atoms with Crippen molar-refractivity contribution in [1.82, 2.24) is 20.2 Å². The van der Waals surface area contributed by atoms with Gasteiger partial charge in [-0.2, -0.15) is 13.2 Å². The number of nitrogens with one attached hydrogen (secondary N) is 3. The summed E-state index contributed by atoms with van der Waals surface area (Å²) in [5.41, 5.74) is 0.316. The number of piperazine rings is 1. The fourth-order valence-corrected chi connectivity index (χ4v) is 3.86. The van der Waals surface area contributed by atoms with Crippen LogP contribution >= 0.6 is 0 Å². The van der Waals surface area contributed by atoms with Crippen LogP contribution in [-0.4, -0.2) is 52.9 Å². The molecule has 3 N–H and O–H groups in total. The van der Waals surface area contributed by atoms with Crippen molar-refractivity contribution in [2.75, 3.05) is 36.8 Å². The van der Waals surface area contributed by atoms with Gasteiger partial charge in [0.25, 0.3) is 5.91 Å². The number of pyridine rings is 2. The van der Waals surface area contributed by atoms with Crippen molar-refractivity contribution in [3.8, 4) is 11.8 Å². The highest BCUT2D eigenvalue weighted by molar-refractivity contribution is 6.04. The number of nitrogens with zero attached hydrogens (tertiary/aromatic N) is 3. The number of benzene rings is 1. The molecule has 0 atom stereocenters. The van der Waals surface area contributed by atoms with Crippen LogP contribution in [0.2, 0.25) is 0 Å². The molecule has 0 saturated carbocycles. The lowest BCUT2D eigenvalue weighted by Gasteiger charge is -2.28. The van der Waals surface area contributed by atoms with E-state index in [9.17, 15) is 22.8 Å². The third kappa shape index (κ3) is 7.38. The van der Waals surface area contributed by atoms with Crippen molar-refractivity contribution < 1.29 is 22.8 Å². The normalized spacial score (nSPS) is 13.8. The monoisotopic (exact) mass is 522 g/mol. The van der Waals surface area contributed by atoms with Crippen LogP contribution in [0.15, 0.2) is 54.9 Å². The van der Waals surface area contributed by atoms with Gasteiger partial charge in [-0.05, 0) is 42.0 Å². The van der Waals surface area contributed by atoms with Crippen LogP contribution in [0.4, 0.5) is 24.8 Å². The zero-order chi connectivity index (χ0) is 27.1. The number of carbonyl (C=O) groups is 2. The predicted octanol–water partition coefficient (Wildman–Crippen LogP) is 3.51. The third-order valence-electron chi connectivity index (χ3n) is 5.70. The van der Waals surface area contributed by atoms with E-state index in [1.54, 1.807) is 18.2 Å². The second kappa shape index (κ2) is 11.9. The lowest BCUT2D eigenvalue weighted by molar-refractivity contribution is -0.138. The van der Waals surface area contributed by atoms with Gasteiger partial charge in [-0.15, -0.1) is 0 Å². The molecule has 196 valence electrons.